The molecule has 0 amide bonds. The molecule has 0 radical (unpaired) electrons. The Morgan fingerprint density at radius 3 is 2.63 bits per heavy atom. The van der Waals surface area contributed by atoms with E-state index in [-0.39, 0.29) is 0 Å². The molecule has 0 atom stereocenters. The van der Waals surface area contributed by atoms with Crippen LogP contribution in [0.3, 0.4) is 0 Å². The molecule has 2 heterocycles. The van der Waals surface area contributed by atoms with Gasteiger partial charge >= 0.3 is 0 Å². The average Bonchev–Trinajstić information content (AvgIpc) is 2.76. The summed E-state index contributed by atoms with van der Waals surface area (Å²) < 4.78 is 1.77. The number of pyridine rings is 1. The SMILES string of the molecule is Cc1nc(C)n(-c2nc(CN)cc3ccccc23)n1. The van der Waals surface area contributed by atoms with Crippen molar-refractivity contribution >= 4 is 10.8 Å². The summed E-state index contributed by atoms with van der Waals surface area (Å²) in [5.41, 5.74) is 6.57. The van der Waals surface area contributed by atoms with Crippen molar-refractivity contribution in [3.8, 4) is 5.82 Å². The van der Waals surface area contributed by atoms with Gasteiger partial charge in [-0.3, -0.25) is 0 Å². The molecule has 0 fully saturated rings. The van der Waals surface area contributed by atoms with E-state index in [0.29, 0.717) is 6.54 Å². The molecule has 0 saturated carbocycles. The van der Waals surface area contributed by atoms with Crippen molar-refractivity contribution in [1.82, 2.24) is 19.7 Å². The Hall–Kier alpha value is -2.27. The van der Waals surface area contributed by atoms with Crippen LogP contribution in [0.4, 0.5) is 0 Å². The van der Waals surface area contributed by atoms with Gasteiger partial charge in [0.15, 0.2) is 5.82 Å². The molecular formula is C14H15N5. The van der Waals surface area contributed by atoms with E-state index in [1.54, 1.807) is 4.68 Å². The van der Waals surface area contributed by atoms with Crippen LogP contribution in [0.5, 0.6) is 0 Å². The van der Waals surface area contributed by atoms with E-state index < -0.39 is 0 Å². The Balaban J connectivity index is 2.35. The highest BCUT2D eigenvalue weighted by Gasteiger charge is 2.11. The molecule has 0 unspecified atom stereocenters. The molecule has 96 valence electrons. The molecule has 0 saturated heterocycles. The van der Waals surface area contributed by atoms with E-state index in [1.807, 2.05) is 38.1 Å². The van der Waals surface area contributed by atoms with Gasteiger partial charge in [-0.25, -0.2) is 9.97 Å². The van der Waals surface area contributed by atoms with E-state index in [9.17, 15) is 0 Å². The van der Waals surface area contributed by atoms with Crippen LogP contribution in [0, 0.1) is 13.8 Å². The molecule has 2 aromatic heterocycles. The first kappa shape index (κ1) is 11.8. The number of hydrogen-bond donors (Lipinski definition) is 1. The number of aromatic nitrogens is 4. The van der Waals surface area contributed by atoms with Gasteiger partial charge in [-0.2, -0.15) is 4.68 Å². The maximum Gasteiger partial charge on any atom is 0.163 e. The van der Waals surface area contributed by atoms with Crippen LogP contribution in [0.1, 0.15) is 17.3 Å². The van der Waals surface area contributed by atoms with Gasteiger partial charge in [-0.15, -0.1) is 5.10 Å². The quantitative estimate of drug-likeness (QED) is 0.757. The molecule has 1 aromatic carbocycles. The molecule has 3 rings (SSSR count). The molecule has 5 nitrogen and oxygen atoms in total. The first-order chi connectivity index (χ1) is 9.19. The smallest absolute Gasteiger partial charge is 0.163 e. The van der Waals surface area contributed by atoms with E-state index in [0.717, 1.165) is 33.9 Å². The number of hydrogen-bond acceptors (Lipinski definition) is 4. The van der Waals surface area contributed by atoms with E-state index in [4.69, 9.17) is 5.73 Å². The third kappa shape index (κ3) is 1.98. The van der Waals surface area contributed by atoms with E-state index in [1.165, 1.54) is 0 Å². The maximum absolute atomic E-state index is 5.72. The molecule has 0 aliphatic heterocycles. The monoisotopic (exact) mass is 253 g/mol. The predicted octanol–water partition coefficient (Wildman–Crippen LogP) is 1.89. The van der Waals surface area contributed by atoms with Crippen molar-refractivity contribution in [2.45, 2.75) is 20.4 Å². The van der Waals surface area contributed by atoms with Crippen LogP contribution in [-0.4, -0.2) is 19.7 Å². The summed E-state index contributed by atoms with van der Waals surface area (Å²) in [6, 6.07) is 10.1. The molecule has 3 aromatic rings. The van der Waals surface area contributed by atoms with Crippen molar-refractivity contribution in [3.63, 3.8) is 0 Å². The van der Waals surface area contributed by atoms with Gasteiger partial charge < -0.3 is 5.73 Å². The Bertz CT molecular complexity index is 745. The molecule has 5 heteroatoms. The fourth-order valence-electron chi connectivity index (χ4n) is 2.22. The molecule has 0 aliphatic carbocycles. The molecule has 0 spiro atoms. The minimum Gasteiger partial charge on any atom is -0.325 e. The van der Waals surface area contributed by atoms with Gasteiger partial charge in [0.2, 0.25) is 0 Å². The summed E-state index contributed by atoms with van der Waals surface area (Å²) in [4.78, 5) is 8.93. The van der Waals surface area contributed by atoms with Crippen LogP contribution in [0.15, 0.2) is 30.3 Å². The lowest BCUT2D eigenvalue weighted by Gasteiger charge is -2.09. The minimum absolute atomic E-state index is 0.407. The van der Waals surface area contributed by atoms with Crippen molar-refractivity contribution in [2.24, 2.45) is 5.73 Å². The highest BCUT2D eigenvalue weighted by Crippen LogP contribution is 2.22. The minimum atomic E-state index is 0.407. The topological polar surface area (TPSA) is 69.6 Å². The zero-order chi connectivity index (χ0) is 13.4. The largest absolute Gasteiger partial charge is 0.325 e. The van der Waals surface area contributed by atoms with E-state index in [2.05, 4.69) is 21.1 Å². The molecule has 19 heavy (non-hydrogen) atoms. The standard InChI is InChI=1S/C14H15N5/c1-9-16-10(2)19(18-9)14-13-6-4-3-5-11(13)7-12(8-15)17-14/h3-7H,8,15H2,1-2H3. The third-order valence-electron chi connectivity index (χ3n) is 3.06. The Morgan fingerprint density at radius 2 is 1.95 bits per heavy atom. The normalized spacial score (nSPS) is 11.1. The summed E-state index contributed by atoms with van der Waals surface area (Å²) in [5.74, 6) is 2.35. The number of nitrogens with two attached hydrogens (primary N) is 1. The summed E-state index contributed by atoms with van der Waals surface area (Å²) in [6.45, 7) is 4.20. The molecule has 0 bridgehead atoms. The number of aryl methyl sites for hydroxylation is 2. The van der Waals surface area contributed by atoms with Crippen LogP contribution in [-0.2, 0) is 6.54 Å². The van der Waals surface area contributed by atoms with E-state index >= 15 is 0 Å². The maximum atomic E-state index is 5.72. The number of nitrogens with zero attached hydrogens (tertiary/aromatic N) is 4. The first-order valence-electron chi connectivity index (χ1n) is 6.18. The molecular weight excluding hydrogens is 238 g/mol. The summed E-state index contributed by atoms with van der Waals surface area (Å²) >= 11 is 0. The van der Waals surface area contributed by atoms with Crippen LogP contribution >= 0.6 is 0 Å². The Morgan fingerprint density at radius 1 is 1.16 bits per heavy atom. The van der Waals surface area contributed by atoms with Gasteiger partial charge in [-0.05, 0) is 25.3 Å². The van der Waals surface area contributed by atoms with Gasteiger partial charge in [0.05, 0.1) is 5.69 Å². The zero-order valence-corrected chi connectivity index (χ0v) is 11.0. The number of fused-ring (bicyclic) bond motifs is 1. The van der Waals surface area contributed by atoms with Gasteiger partial charge in [0.1, 0.15) is 11.6 Å². The highest BCUT2D eigenvalue weighted by atomic mass is 15.4. The van der Waals surface area contributed by atoms with Crippen molar-refractivity contribution in [2.75, 3.05) is 0 Å². The van der Waals surface area contributed by atoms with Crippen molar-refractivity contribution < 1.29 is 0 Å². The lowest BCUT2D eigenvalue weighted by molar-refractivity contribution is 0.800. The highest BCUT2D eigenvalue weighted by molar-refractivity contribution is 5.88. The number of benzene rings is 1. The van der Waals surface area contributed by atoms with Gasteiger partial charge in [0.25, 0.3) is 0 Å². The second-order valence-electron chi connectivity index (χ2n) is 4.48. The fourth-order valence-corrected chi connectivity index (χ4v) is 2.22. The summed E-state index contributed by atoms with van der Waals surface area (Å²) in [5, 5.41) is 6.57. The molecule has 2 N–H and O–H groups in total. The summed E-state index contributed by atoms with van der Waals surface area (Å²) in [7, 11) is 0. The summed E-state index contributed by atoms with van der Waals surface area (Å²) in [6.07, 6.45) is 0. The van der Waals surface area contributed by atoms with Crippen LogP contribution < -0.4 is 5.73 Å². The van der Waals surface area contributed by atoms with Crippen LogP contribution in [0.25, 0.3) is 16.6 Å². The fraction of sp³-hybridized carbons (Fsp3) is 0.214. The van der Waals surface area contributed by atoms with Gasteiger partial charge in [0, 0.05) is 11.9 Å². The van der Waals surface area contributed by atoms with Gasteiger partial charge in [-0.1, -0.05) is 24.3 Å². The lowest BCUT2D eigenvalue weighted by Crippen LogP contribution is -2.07. The first-order valence-corrected chi connectivity index (χ1v) is 6.18. The molecule has 0 aliphatic rings. The zero-order valence-electron chi connectivity index (χ0n) is 11.0. The predicted molar refractivity (Wildman–Crippen MR) is 74.0 cm³/mol. The lowest BCUT2D eigenvalue weighted by atomic mass is 10.1. The van der Waals surface area contributed by atoms with Crippen molar-refractivity contribution in [3.05, 3.63) is 47.7 Å². The van der Waals surface area contributed by atoms with Crippen LogP contribution in [0.2, 0.25) is 0 Å². The second-order valence-corrected chi connectivity index (χ2v) is 4.48. The van der Waals surface area contributed by atoms with Crippen molar-refractivity contribution in [1.29, 1.82) is 0 Å². The Labute approximate surface area is 111 Å². The second kappa shape index (κ2) is 4.44. The number of rotatable bonds is 2. The average molecular weight is 253 g/mol. The third-order valence-corrected chi connectivity index (χ3v) is 3.06. The Kier molecular flexibility index (Phi) is 2.76.